The van der Waals surface area contributed by atoms with Crippen molar-refractivity contribution in [2.75, 3.05) is 12.8 Å². The van der Waals surface area contributed by atoms with Gasteiger partial charge in [0, 0.05) is 17.8 Å². The van der Waals surface area contributed by atoms with E-state index in [-0.39, 0.29) is 11.6 Å². The van der Waals surface area contributed by atoms with Gasteiger partial charge >= 0.3 is 5.22 Å². The van der Waals surface area contributed by atoms with Crippen molar-refractivity contribution in [2.45, 2.75) is 29.9 Å². The molecule has 2 aromatic rings. The van der Waals surface area contributed by atoms with Crippen LogP contribution in [0.15, 0.2) is 33.9 Å². The maximum atomic E-state index is 12.8. The molecule has 0 bridgehead atoms. The number of nitrogens with zero attached hydrogens (tertiary/aromatic N) is 3. The van der Waals surface area contributed by atoms with E-state index in [2.05, 4.69) is 10.2 Å². The van der Waals surface area contributed by atoms with Crippen molar-refractivity contribution < 1.29 is 21.3 Å². The third-order valence-corrected chi connectivity index (χ3v) is 6.75. The quantitative estimate of drug-likeness (QED) is 0.745. The van der Waals surface area contributed by atoms with Crippen molar-refractivity contribution in [1.29, 1.82) is 0 Å². The van der Waals surface area contributed by atoms with Gasteiger partial charge in [-0.25, -0.2) is 16.8 Å². The normalized spacial score (nSPS) is 19.4. The van der Waals surface area contributed by atoms with Gasteiger partial charge in [0.1, 0.15) is 6.04 Å². The van der Waals surface area contributed by atoms with Gasteiger partial charge in [0.15, 0.2) is 0 Å². The van der Waals surface area contributed by atoms with E-state index in [4.69, 9.17) is 16.0 Å². The van der Waals surface area contributed by atoms with Gasteiger partial charge in [-0.15, -0.1) is 5.10 Å². The fourth-order valence-electron chi connectivity index (χ4n) is 2.70. The minimum Gasteiger partial charge on any atom is -0.411 e. The Balaban J connectivity index is 1.85. The van der Waals surface area contributed by atoms with Gasteiger partial charge in [0.05, 0.1) is 5.75 Å². The second kappa shape index (κ2) is 6.67. The van der Waals surface area contributed by atoms with E-state index in [1.54, 1.807) is 24.3 Å². The molecule has 0 amide bonds. The first-order valence-electron chi connectivity index (χ1n) is 7.44. The first-order valence-corrected chi connectivity index (χ1v) is 11.3. The van der Waals surface area contributed by atoms with E-state index in [0.29, 0.717) is 30.0 Å². The summed E-state index contributed by atoms with van der Waals surface area (Å²) < 4.78 is 54.9. The number of sulfonamides is 1. The molecule has 0 aliphatic carbocycles. The molecule has 136 valence electrons. The number of sulfone groups is 1. The van der Waals surface area contributed by atoms with Gasteiger partial charge in [0.25, 0.3) is 0 Å². The minimum atomic E-state index is -3.64. The summed E-state index contributed by atoms with van der Waals surface area (Å²) in [5.74, 6) is -0.189. The molecule has 1 saturated heterocycles. The Morgan fingerprint density at radius 3 is 2.48 bits per heavy atom. The fraction of sp³-hybridized carbons (Fsp3) is 0.429. The van der Waals surface area contributed by atoms with Crippen molar-refractivity contribution in [3.8, 4) is 0 Å². The lowest BCUT2D eigenvalue weighted by Gasteiger charge is -2.21. The Labute approximate surface area is 150 Å². The zero-order valence-electron chi connectivity index (χ0n) is 13.3. The first kappa shape index (κ1) is 18.3. The topological polar surface area (TPSA) is 110 Å². The Bertz CT molecular complexity index is 970. The fourth-order valence-corrected chi connectivity index (χ4v) is 5.02. The van der Waals surface area contributed by atoms with E-state index in [0.717, 1.165) is 6.26 Å². The molecule has 2 heterocycles. The van der Waals surface area contributed by atoms with E-state index >= 15 is 0 Å². The van der Waals surface area contributed by atoms with Crippen LogP contribution in [0.25, 0.3) is 0 Å². The highest BCUT2D eigenvalue weighted by molar-refractivity contribution is 7.90. The van der Waals surface area contributed by atoms with Crippen LogP contribution in [0.1, 0.15) is 30.3 Å². The Morgan fingerprint density at radius 2 is 1.88 bits per heavy atom. The number of rotatable bonds is 5. The summed E-state index contributed by atoms with van der Waals surface area (Å²) in [6, 6.07) is 5.91. The van der Waals surface area contributed by atoms with Crippen LogP contribution in [0.4, 0.5) is 0 Å². The Kier molecular flexibility index (Phi) is 4.89. The molecule has 0 saturated carbocycles. The van der Waals surface area contributed by atoms with Crippen molar-refractivity contribution in [2.24, 2.45) is 0 Å². The van der Waals surface area contributed by atoms with Crippen LogP contribution in [0.3, 0.4) is 0 Å². The predicted octanol–water partition coefficient (Wildman–Crippen LogP) is 1.79. The lowest BCUT2D eigenvalue weighted by Crippen LogP contribution is -2.31. The SMILES string of the molecule is CS(=O)(=O)c1nnc([C@@H]2CCCN2S(=O)(=O)Cc2ccc(Cl)cc2)o1. The van der Waals surface area contributed by atoms with Crippen LogP contribution in [-0.2, 0) is 25.6 Å². The lowest BCUT2D eigenvalue weighted by atomic mass is 10.2. The van der Waals surface area contributed by atoms with Crippen molar-refractivity contribution >= 4 is 31.5 Å². The highest BCUT2D eigenvalue weighted by Crippen LogP contribution is 2.35. The number of hydrogen-bond donors (Lipinski definition) is 0. The molecular formula is C14H16ClN3O5S2. The third-order valence-electron chi connectivity index (χ3n) is 3.85. The van der Waals surface area contributed by atoms with Gasteiger partial charge in [-0.2, -0.15) is 4.31 Å². The van der Waals surface area contributed by atoms with Gasteiger partial charge in [-0.05, 0) is 30.5 Å². The second-order valence-corrected chi connectivity index (χ2v) is 10.1. The van der Waals surface area contributed by atoms with Gasteiger partial charge in [-0.1, -0.05) is 28.8 Å². The average molecular weight is 406 g/mol. The molecule has 0 radical (unpaired) electrons. The summed E-state index contributed by atoms with van der Waals surface area (Å²) in [5.41, 5.74) is 0.609. The van der Waals surface area contributed by atoms with Crippen molar-refractivity contribution in [3.63, 3.8) is 0 Å². The molecule has 1 aromatic heterocycles. The Morgan fingerprint density at radius 1 is 1.20 bits per heavy atom. The highest BCUT2D eigenvalue weighted by Gasteiger charge is 2.38. The molecule has 11 heteroatoms. The number of halogens is 1. The molecule has 3 rings (SSSR count). The van der Waals surface area contributed by atoms with E-state index in [1.165, 1.54) is 4.31 Å². The summed E-state index contributed by atoms with van der Waals surface area (Å²) in [6.45, 7) is 0.317. The zero-order chi connectivity index (χ0) is 18.2. The molecule has 1 aromatic carbocycles. The van der Waals surface area contributed by atoms with Gasteiger partial charge in [-0.3, -0.25) is 0 Å². The molecule has 0 spiro atoms. The third kappa shape index (κ3) is 4.02. The molecule has 1 fully saturated rings. The van der Waals surface area contributed by atoms with Crippen molar-refractivity contribution in [3.05, 3.63) is 40.7 Å². The lowest BCUT2D eigenvalue weighted by molar-refractivity contribution is 0.303. The molecule has 0 unspecified atom stereocenters. The molecular weight excluding hydrogens is 390 g/mol. The Hall–Kier alpha value is -1.49. The number of benzene rings is 1. The molecule has 8 nitrogen and oxygen atoms in total. The zero-order valence-corrected chi connectivity index (χ0v) is 15.7. The monoisotopic (exact) mass is 405 g/mol. The van der Waals surface area contributed by atoms with Crippen molar-refractivity contribution in [1.82, 2.24) is 14.5 Å². The first-order chi connectivity index (χ1) is 11.7. The minimum absolute atomic E-state index is 0.00222. The summed E-state index contributed by atoms with van der Waals surface area (Å²) in [4.78, 5) is 0. The summed E-state index contributed by atoms with van der Waals surface area (Å²) in [6.07, 6.45) is 2.07. The van der Waals surface area contributed by atoms with E-state index < -0.39 is 31.1 Å². The van der Waals surface area contributed by atoms with E-state index in [1.807, 2.05) is 0 Å². The van der Waals surface area contributed by atoms with Crippen LogP contribution >= 0.6 is 11.6 Å². The summed E-state index contributed by atoms with van der Waals surface area (Å²) in [7, 11) is -7.27. The summed E-state index contributed by atoms with van der Waals surface area (Å²) >= 11 is 5.82. The largest absolute Gasteiger partial charge is 0.411 e. The van der Waals surface area contributed by atoms with Crippen LogP contribution in [0.5, 0.6) is 0 Å². The van der Waals surface area contributed by atoms with E-state index in [9.17, 15) is 16.8 Å². The molecule has 25 heavy (non-hydrogen) atoms. The molecule has 0 N–H and O–H groups in total. The number of aromatic nitrogens is 2. The maximum absolute atomic E-state index is 12.8. The van der Waals surface area contributed by atoms with Crippen LogP contribution in [0, 0.1) is 0 Å². The molecule has 1 aliphatic rings. The number of hydrogen-bond acceptors (Lipinski definition) is 7. The second-order valence-electron chi connectivity index (χ2n) is 5.83. The maximum Gasteiger partial charge on any atom is 0.335 e. The van der Waals surface area contributed by atoms with Crippen LogP contribution in [0.2, 0.25) is 5.02 Å². The predicted molar refractivity (Wildman–Crippen MR) is 90.2 cm³/mol. The van der Waals surface area contributed by atoms with Gasteiger partial charge in [0.2, 0.25) is 25.8 Å². The van der Waals surface area contributed by atoms with Crippen LogP contribution < -0.4 is 0 Å². The highest BCUT2D eigenvalue weighted by atomic mass is 35.5. The standard InChI is InChI=1S/C14H16ClN3O5S2/c1-24(19,20)14-17-16-13(23-14)12-3-2-8-18(12)25(21,22)9-10-4-6-11(15)7-5-10/h4-7,12H,2-3,8-9H2,1H3/t12-/m0/s1. The summed E-state index contributed by atoms with van der Waals surface area (Å²) in [5, 5.41) is 7.25. The smallest absolute Gasteiger partial charge is 0.335 e. The van der Waals surface area contributed by atoms with Crippen LogP contribution in [-0.4, -0.2) is 44.1 Å². The molecule has 1 atom stereocenters. The molecule has 1 aliphatic heterocycles. The average Bonchev–Trinajstić information content (AvgIpc) is 3.17. The van der Waals surface area contributed by atoms with Gasteiger partial charge < -0.3 is 4.42 Å².